The normalized spacial score (nSPS) is 16.4. The molecule has 4 heteroatoms. The molecular weight excluding hydrogens is 362 g/mol. The molecular formula is C25H23NO3. The lowest BCUT2D eigenvalue weighted by molar-refractivity contribution is -0.130. The smallest absolute Gasteiger partial charge is 0.290 e. The molecule has 0 radical (unpaired) electrons. The zero-order chi connectivity index (χ0) is 20.4. The van der Waals surface area contributed by atoms with Crippen LogP contribution in [0.3, 0.4) is 0 Å². The van der Waals surface area contributed by atoms with Crippen LogP contribution in [0.25, 0.3) is 5.57 Å². The summed E-state index contributed by atoms with van der Waals surface area (Å²) in [7, 11) is 1.61. The molecule has 1 aliphatic heterocycles. The molecule has 1 atom stereocenters. The van der Waals surface area contributed by atoms with Gasteiger partial charge in [0.05, 0.1) is 13.2 Å². The van der Waals surface area contributed by atoms with E-state index in [1.807, 2.05) is 85.8 Å². The van der Waals surface area contributed by atoms with Crippen LogP contribution in [0.15, 0.2) is 84.6 Å². The van der Waals surface area contributed by atoms with E-state index in [2.05, 4.69) is 0 Å². The lowest BCUT2D eigenvalue weighted by Crippen LogP contribution is -2.29. The van der Waals surface area contributed by atoms with Crippen LogP contribution in [0, 0.1) is 6.92 Å². The molecule has 4 nitrogen and oxygen atoms in total. The van der Waals surface area contributed by atoms with Crippen molar-refractivity contribution in [3.8, 4) is 5.75 Å². The predicted molar refractivity (Wildman–Crippen MR) is 113 cm³/mol. The summed E-state index contributed by atoms with van der Waals surface area (Å²) >= 11 is 0. The fourth-order valence-electron chi connectivity index (χ4n) is 3.76. The molecule has 1 aliphatic rings. The Morgan fingerprint density at radius 3 is 2.21 bits per heavy atom. The molecule has 1 amide bonds. The number of methoxy groups -OCH3 is 1. The molecule has 1 N–H and O–H groups in total. The Balaban J connectivity index is 1.80. The molecule has 0 saturated carbocycles. The van der Waals surface area contributed by atoms with E-state index >= 15 is 0 Å². The first-order chi connectivity index (χ1) is 14.1. The van der Waals surface area contributed by atoms with E-state index in [1.165, 1.54) is 0 Å². The van der Waals surface area contributed by atoms with Crippen LogP contribution in [0.5, 0.6) is 5.75 Å². The van der Waals surface area contributed by atoms with E-state index in [9.17, 15) is 9.90 Å². The van der Waals surface area contributed by atoms with Gasteiger partial charge in [0, 0.05) is 12.1 Å². The molecule has 4 rings (SSSR count). The van der Waals surface area contributed by atoms with E-state index in [0.717, 1.165) is 28.0 Å². The highest BCUT2D eigenvalue weighted by atomic mass is 16.5. The van der Waals surface area contributed by atoms with Crippen LogP contribution in [-0.2, 0) is 11.3 Å². The van der Waals surface area contributed by atoms with Gasteiger partial charge in [-0.3, -0.25) is 4.79 Å². The summed E-state index contributed by atoms with van der Waals surface area (Å²) in [5.41, 5.74) is 4.55. The highest BCUT2D eigenvalue weighted by molar-refractivity contribution is 6.05. The van der Waals surface area contributed by atoms with Gasteiger partial charge in [0.2, 0.25) is 0 Å². The number of hydrogen-bond donors (Lipinski definition) is 1. The molecule has 0 saturated heterocycles. The third-order valence-electron chi connectivity index (χ3n) is 5.29. The second kappa shape index (κ2) is 7.84. The minimum absolute atomic E-state index is 0.198. The SMILES string of the molecule is COc1ccc(C2=C(O)C(=O)N(Cc3ccccc3)[C@H]2c2ccc(C)cc2)cc1. The Labute approximate surface area is 170 Å². The molecule has 0 aromatic heterocycles. The molecule has 146 valence electrons. The predicted octanol–water partition coefficient (Wildman–Crippen LogP) is 5.06. The number of amides is 1. The molecule has 1 heterocycles. The lowest BCUT2D eigenvalue weighted by Gasteiger charge is -2.27. The Morgan fingerprint density at radius 2 is 1.59 bits per heavy atom. The molecule has 0 spiro atoms. The van der Waals surface area contributed by atoms with Crippen LogP contribution in [0.2, 0.25) is 0 Å². The quantitative estimate of drug-likeness (QED) is 0.668. The van der Waals surface area contributed by atoms with Gasteiger partial charge in [0.1, 0.15) is 5.75 Å². The van der Waals surface area contributed by atoms with Crippen LogP contribution >= 0.6 is 0 Å². The van der Waals surface area contributed by atoms with Crippen molar-refractivity contribution < 1.29 is 14.6 Å². The van der Waals surface area contributed by atoms with Gasteiger partial charge in [0.25, 0.3) is 5.91 Å². The second-order valence-corrected chi connectivity index (χ2v) is 7.22. The zero-order valence-electron chi connectivity index (χ0n) is 16.5. The molecule has 3 aromatic rings. The van der Waals surface area contributed by atoms with E-state index in [1.54, 1.807) is 12.0 Å². The fourth-order valence-corrected chi connectivity index (χ4v) is 3.76. The van der Waals surface area contributed by atoms with Gasteiger partial charge in [-0.25, -0.2) is 0 Å². The summed E-state index contributed by atoms with van der Waals surface area (Å²) in [6, 6.07) is 25.0. The van der Waals surface area contributed by atoms with Gasteiger partial charge in [-0.15, -0.1) is 0 Å². The molecule has 3 aromatic carbocycles. The van der Waals surface area contributed by atoms with Crippen molar-refractivity contribution in [3.63, 3.8) is 0 Å². The summed E-state index contributed by atoms with van der Waals surface area (Å²) in [5.74, 6) is 0.174. The van der Waals surface area contributed by atoms with Gasteiger partial charge in [-0.05, 0) is 35.7 Å². The molecule has 0 fully saturated rings. The minimum atomic E-state index is -0.364. The highest BCUT2D eigenvalue weighted by Crippen LogP contribution is 2.44. The second-order valence-electron chi connectivity index (χ2n) is 7.22. The topological polar surface area (TPSA) is 49.8 Å². The Kier molecular flexibility index (Phi) is 5.09. The Bertz CT molecular complexity index is 1040. The first-order valence-electron chi connectivity index (χ1n) is 9.57. The minimum Gasteiger partial charge on any atom is -0.503 e. The van der Waals surface area contributed by atoms with Gasteiger partial charge in [-0.1, -0.05) is 72.3 Å². The highest BCUT2D eigenvalue weighted by Gasteiger charge is 2.40. The molecule has 0 aliphatic carbocycles. The number of aliphatic hydroxyl groups excluding tert-OH is 1. The van der Waals surface area contributed by atoms with Crippen LogP contribution in [0.4, 0.5) is 0 Å². The first kappa shape index (κ1) is 18.8. The van der Waals surface area contributed by atoms with Gasteiger partial charge >= 0.3 is 0 Å². The van der Waals surface area contributed by atoms with E-state index in [0.29, 0.717) is 12.1 Å². The number of ether oxygens (including phenoxy) is 1. The van der Waals surface area contributed by atoms with Crippen molar-refractivity contribution in [3.05, 3.63) is 107 Å². The van der Waals surface area contributed by atoms with Crippen molar-refractivity contribution >= 4 is 11.5 Å². The van der Waals surface area contributed by atoms with Crippen molar-refractivity contribution in [2.24, 2.45) is 0 Å². The number of aryl methyl sites for hydroxylation is 1. The lowest BCUT2D eigenvalue weighted by atomic mass is 9.93. The van der Waals surface area contributed by atoms with Crippen LogP contribution in [0.1, 0.15) is 28.3 Å². The average Bonchev–Trinajstić information content (AvgIpc) is 3.00. The van der Waals surface area contributed by atoms with Gasteiger partial charge < -0.3 is 14.7 Å². The summed E-state index contributed by atoms with van der Waals surface area (Å²) in [6.07, 6.45) is 0. The van der Waals surface area contributed by atoms with E-state index < -0.39 is 0 Å². The van der Waals surface area contributed by atoms with E-state index in [4.69, 9.17) is 4.74 Å². The summed E-state index contributed by atoms with van der Waals surface area (Å²) in [6.45, 7) is 2.45. The van der Waals surface area contributed by atoms with Crippen molar-refractivity contribution in [1.29, 1.82) is 0 Å². The maximum absolute atomic E-state index is 13.1. The third-order valence-corrected chi connectivity index (χ3v) is 5.29. The fraction of sp³-hybridized carbons (Fsp3) is 0.160. The maximum Gasteiger partial charge on any atom is 0.290 e. The Hall–Kier alpha value is -3.53. The standard InChI is InChI=1S/C25H23NO3/c1-17-8-10-20(11-9-17)23-22(19-12-14-21(29-2)15-13-19)24(27)25(28)26(23)16-18-6-4-3-5-7-18/h3-15,23,27H,16H2,1-2H3/t23-/m0/s1. The third kappa shape index (κ3) is 3.61. The van der Waals surface area contributed by atoms with Gasteiger partial charge in [0.15, 0.2) is 5.76 Å². The Morgan fingerprint density at radius 1 is 0.931 bits per heavy atom. The number of carbonyl (C=O) groups is 1. The van der Waals surface area contributed by atoms with E-state index in [-0.39, 0.29) is 17.7 Å². The number of hydrogen-bond acceptors (Lipinski definition) is 3. The summed E-state index contributed by atoms with van der Waals surface area (Å²) in [5, 5.41) is 10.8. The summed E-state index contributed by atoms with van der Waals surface area (Å²) < 4.78 is 5.25. The first-order valence-corrected chi connectivity index (χ1v) is 9.57. The maximum atomic E-state index is 13.1. The zero-order valence-corrected chi connectivity index (χ0v) is 16.5. The number of aliphatic hydroxyl groups is 1. The van der Waals surface area contributed by atoms with Crippen molar-refractivity contribution in [1.82, 2.24) is 4.90 Å². The van der Waals surface area contributed by atoms with Crippen molar-refractivity contribution in [2.75, 3.05) is 7.11 Å². The number of benzene rings is 3. The van der Waals surface area contributed by atoms with Gasteiger partial charge in [-0.2, -0.15) is 0 Å². The molecule has 0 unspecified atom stereocenters. The van der Waals surface area contributed by atoms with Crippen molar-refractivity contribution in [2.45, 2.75) is 19.5 Å². The number of nitrogens with zero attached hydrogens (tertiary/aromatic N) is 1. The average molecular weight is 385 g/mol. The largest absolute Gasteiger partial charge is 0.503 e. The van der Waals surface area contributed by atoms with Crippen LogP contribution < -0.4 is 4.74 Å². The van der Waals surface area contributed by atoms with Crippen LogP contribution in [-0.4, -0.2) is 23.0 Å². The molecule has 29 heavy (non-hydrogen) atoms. The summed E-state index contributed by atoms with van der Waals surface area (Å²) in [4.78, 5) is 14.8. The number of rotatable bonds is 5. The molecule has 0 bridgehead atoms. The monoisotopic (exact) mass is 385 g/mol. The number of carbonyl (C=O) groups excluding carboxylic acids is 1.